The first-order valence-electron chi connectivity index (χ1n) is 12.3. The lowest BCUT2D eigenvalue weighted by Gasteiger charge is -2.61. The molecule has 0 aromatic rings. The molecule has 0 spiro atoms. The highest BCUT2D eigenvalue weighted by Gasteiger charge is 2.61. The van der Waals surface area contributed by atoms with E-state index in [4.69, 9.17) is 0 Å². The summed E-state index contributed by atoms with van der Waals surface area (Å²) >= 11 is 0. The Morgan fingerprint density at radius 1 is 0.967 bits per heavy atom. The van der Waals surface area contributed by atoms with Gasteiger partial charge in [0, 0.05) is 0 Å². The highest BCUT2D eigenvalue weighted by Crippen LogP contribution is 2.68. The fourth-order valence-electron chi connectivity index (χ4n) is 9.06. The van der Waals surface area contributed by atoms with Crippen molar-refractivity contribution in [3.8, 4) is 0 Å². The Kier molecular flexibility index (Phi) is 5.81. The Bertz CT molecular complexity index is 662. The van der Waals surface area contributed by atoms with Crippen molar-refractivity contribution in [1.82, 2.24) is 0 Å². The maximum atomic E-state index is 11.8. The van der Waals surface area contributed by atoms with Crippen molar-refractivity contribution < 1.29 is 24.9 Å². The predicted octanol–water partition coefficient (Wildman–Crippen LogP) is 3.89. The quantitative estimate of drug-likeness (QED) is 0.473. The van der Waals surface area contributed by atoms with E-state index in [1.54, 1.807) is 0 Å². The molecule has 5 nitrogen and oxygen atoms in total. The van der Waals surface area contributed by atoms with Crippen LogP contribution in [0.1, 0.15) is 85.0 Å². The average Bonchev–Trinajstić information content (AvgIpc) is 3.08. The van der Waals surface area contributed by atoms with Gasteiger partial charge in [0.2, 0.25) is 0 Å². The molecular formula is C25H42O5. The zero-order chi connectivity index (χ0) is 21.9. The van der Waals surface area contributed by atoms with E-state index < -0.39 is 17.9 Å². The zero-order valence-electron chi connectivity index (χ0n) is 19.3. The SMILES string of the molecule is COC(=O)C(O)(O)C(O)C(C)[C@H]1CC[C@H]2[C@@H]3CCC4CCCC[C@]4(C)[C@H]3CC[C@]12C. The molecule has 0 aliphatic heterocycles. The summed E-state index contributed by atoms with van der Waals surface area (Å²) in [6, 6.07) is 0. The molecule has 4 aliphatic rings. The van der Waals surface area contributed by atoms with Crippen LogP contribution in [0.2, 0.25) is 0 Å². The fourth-order valence-corrected chi connectivity index (χ4v) is 9.06. The number of hydrogen-bond donors (Lipinski definition) is 3. The number of carbonyl (C=O) groups is 1. The summed E-state index contributed by atoms with van der Waals surface area (Å²) in [6.07, 6.45) is 11.3. The van der Waals surface area contributed by atoms with E-state index >= 15 is 0 Å². The second-order valence-corrected chi connectivity index (χ2v) is 11.7. The summed E-state index contributed by atoms with van der Waals surface area (Å²) in [5.41, 5.74) is 0.591. The van der Waals surface area contributed by atoms with Crippen LogP contribution in [-0.2, 0) is 9.53 Å². The second kappa shape index (κ2) is 7.74. The van der Waals surface area contributed by atoms with Crippen LogP contribution < -0.4 is 0 Å². The maximum absolute atomic E-state index is 11.8. The lowest BCUT2D eigenvalue weighted by atomic mass is 9.44. The summed E-state index contributed by atoms with van der Waals surface area (Å²) in [5.74, 6) is -1.13. The van der Waals surface area contributed by atoms with Gasteiger partial charge >= 0.3 is 5.97 Å². The van der Waals surface area contributed by atoms with E-state index in [2.05, 4.69) is 18.6 Å². The van der Waals surface area contributed by atoms with Crippen molar-refractivity contribution in [1.29, 1.82) is 0 Å². The van der Waals surface area contributed by atoms with Gasteiger partial charge in [0.25, 0.3) is 5.79 Å². The van der Waals surface area contributed by atoms with Crippen molar-refractivity contribution in [3.05, 3.63) is 0 Å². The van der Waals surface area contributed by atoms with Crippen LogP contribution in [0, 0.1) is 46.3 Å². The van der Waals surface area contributed by atoms with Crippen LogP contribution in [0.25, 0.3) is 0 Å². The second-order valence-electron chi connectivity index (χ2n) is 11.7. The number of rotatable bonds is 4. The number of esters is 1. The number of methoxy groups -OCH3 is 1. The highest BCUT2D eigenvalue weighted by atomic mass is 16.6. The molecule has 172 valence electrons. The van der Waals surface area contributed by atoms with Crippen LogP contribution in [0.4, 0.5) is 0 Å². The molecule has 0 amide bonds. The molecule has 4 fully saturated rings. The van der Waals surface area contributed by atoms with Gasteiger partial charge < -0.3 is 20.1 Å². The van der Waals surface area contributed by atoms with Gasteiger partial charge in [-0.2, -0.15) is 0 Å². The molecule has 0 radical (unpaired) electrons. The largest absolute Gasteiger partial charge is 0.465 e. The van der Waals surface area contributed by atoms with Crippen molar-refractivity contribution in [2.75, 3.05) is 7.11 Å². The molecule has 5 heteroatoms. The molecule has 4 rings (SSSR count). The number of aliphatic hydroxyl groups excluding tert-OH is 1. The Morgan fingerprint density at radius 3 is 2.37 bits per heavy atom. The van der Waals surface area contributed by atoms with E-state index in [-0.39, 0.29) is 17.3 Å². The average molecular weight is 423 g/mol. The van der Waals surface area contributed by atoms with Gasteiger partial charge in [-0.3, -0.25) is 0 Å². The number of hydrogen-bond acceptors (Lipinski definition) is 5. The Hall–Kier alpha value is -0.650. The van der Waals surface area contributed by atoms with E-state index in [0.29, 0.717) is 11.3 Å². The third-order valence-electron chi connectivity index (χ3n) is 10.7. The Labute approximate surface area is 181 Å². The van der Waals surface area contributed by atoms with Crippen molar-refractivity contribution >= 4 is 5.97 Å². The van der Waals surface area contributed by atoms with Gasteiger partial charge in [-0.15, -0.1) is 0 Å². The van der Waals surface area contributed by atoms with E-state index in [9.17, 15) is 20.1 Å². The monoisotopic (exact) mass is 422 g/mol. The van der Waals surface area contributed by atoms with E-state index in [0.717, 1.165) is 44.1 Å². The molecule has 3 unspecified atom stereocenters. The molecule has 0 heterocycles. The number of ether oxygens (including phenoxy) is 1. The minimum atomic E-state index is -2.85. The van der Waals surface area contributed by atoms with Gasteiger partial charge in [-0.25, -0.2) is 4.79 Å². The Balaban J connectivity index is 1.55. The number of aliphatic hydroxyl groups is 3. The standard InChI is InChI=1S/C25H42O5/c1-15(21(26)25(28,29)22(27)30-4)18-10-11-19-17-9-8-16-7-5-6-13-23(16,2)20(17)12-14-24(18,19)3/h15-21,26,28-29H,5-14H2,1-4H3/t15?,16?,17-,18+,19-,20-,21?,23-,24+/m0/s1. The molecule has 0 aromatic heterocycles. The van der Waals surface area contributed by atoms with Crippen molar-refractivity contribution in [2.24, 2.45) is 46.3 Å². The first-order chi connectivity index (χ1) is 14.1. The van der Waals surface area contributed by atoms with Crippen LogP contribution in [0.3, 0.4) is 0 Å². The summed E-state index contributed by atoms with van der Waals surface area (Å²) in [7, 11) is 1.11. The topological polar surface area (TPSA) is 87.0 Å². The van der Waals surface area contributed by atoms with Gasteiger partial charge in [-0.05, 0) is 97.7 Å². The Morgan fingerprint density at radius 2 is 1.67 bits per heavy atom. The smallest absolute Gasteiger partial charge is 0.369 e. The molecule has 0 bridgehead atoms. The zero-order valence-corrected chi connectivity index (χ0v) is 19.3. The van der Waals surface area contributed by atoms with Crippen molar-refractivity contribution in [3.63, 3.8) is 0 Å². The molecule has 0 saturated heterocycles. The first kappa shape index (κ1) is 22.5. The van der Waals surface area contributed by atoms with Crippen LogP contribution in [0.15, 0.2) is 0 Å². The normalized spacial score (nSPS) is 45.6. The van der Waals surface area contributed by atoms with Gasteiger partial charge in [0.1, 0.15) is 6.10 Å². The van der Waals surface area contributed by atoms with E-state index in [1.807, 2.05) is 6.92 Å². The molecule has 4 aliphatic carbocycles. The summed E-state index contributed by atoms with van der Waals surface area (Å²) in [4.78, 5) is 11.8. The minimum absolute atomic E-state index is 0.0889. The first-order valence-corrected chi connectivity index (χ1v) is 12.3. The lowest BCUT2D eigenvalue weighted by molar-refractivity contribution is -0.251. The summed E-state index contributed by atoms with van der Waals surface area (Å²) in [6.45, 7) is 6.83. The summed E-state index contributed by atoms with van der Waals surface area (Å²) < 4.78 is 4.51. The molecule has 3 N–H and O–H groups in total. The molecule has 30 heavy (non-hydrogen) atoms. The van der Waals surface area contributed by atoms with Gasteiger partial charge in [0.05, 0.1) is 7.11 Å². The lowest BCUT2D eigenvalue weighted by Crippen LogP contribution is -2.56. The summed E-state index contributed by atoms with van der Waals surface area (Å²) in [5, 5.41) is 31.2. The number of fused-ring (bicyclic) bond motifs is 5. The maximum Gasteiger partial charge on any atom is 0.369 e. The van der Waals surface area contributed by atoms with Crippen LogP contribution in [-0.4, -0.2) is 40.3 Å². The van der Waals surface area contributed by atoms with Crippen LogP contribution >= 0.6 is 0 Å². The van der Waals surface area contributed by atoms with Gasteiger partial charge in [-0.1, -0.05) is 33.6 Å². The highest BCUT2D eigenvalue weighted by molar-refractivity contribution is 5.77. The number of carbonyl (C=O) groups excluding carboxylic acids is 1. The third kappa shape index (κ3) is 3.17. The van der Waals surface area contributed by atoms with Gasteiger partial charge in [0.15, 0.2) is 0 Å². The molecule has 4 saturated carbocycles. The third-order valence-corrected chi connectivity index (χ3v) is 10.7. The fraction of sp³-hybridized carbons (Fsp3) is 0.960. The minimum Gasteiger partial charge on any atom is -0.465 e. The van der Waals surface area contributed by atoms with E-state index in [1.165, 1.54) is 44.9 Å². The van der Waals surface area contributed by atoms with Crippen molar-refractivity contribution in [2.45, 2.75) is 96.9 Å². The van der Waals surface area contributed by atoms with Crippen LogP contribution in [0.5, 0.6) is 0 Å². The molecular weight excluding hydrogens is 380 g/mol. The molecule has 9 atom stereocenters. The molecule has 0 aromatic carbocycles. The predicted molar refractivity (Wildman–Crippen MR) is 114 cm³/mol.